The molecule has 0 bridgehead atoms. The van der Waals surface area contributed by atoms with E-state index in [0.717, 1.165) is 16.7 Å². The van der Waals surface area contributed by atoms with Crippen LogP contribution in [-0.2, 0) is 59.4 Å². The molecule has 0 fully saturated rings. The Labute approximate surface area is 426 Å². The molecule has 0 aromatic heterocycles. The van der Waals surface area contributed by atoms with Gasteiger partial charge in [-0.05, 0) is 95.4 Å². The molecule has 0 aliphatic rings. The number of ketones is 2. The number of nitrogens with two attached hydrogens (primary N) is 3. The molecule has 71 heavy (non-hydrogen) atoms. The Bertz CT molecular complexity index is 2320. The first-order valence-corrected chi connectivity index (χ1v) is 24.3. The zero-order valence-electron chi connectivity index (χ0n) is 40.7. The third-order valence-corrected chi connectivity index (χ3v) is 11.6. The molecule has 384 valence electrons. The van der Waals surface area contributed by atoms with Crippen LogP contribution in [0.3, 0.4) is 0 Å². The summed E-state index contributed by atoms with van der Waals surface area (Å²) >= 11 is 12.1. The SMILES string of the molecule is CC(C)(C)OC(=O)N[C@@H](CCCCNC(=O)OCc1ccccc1Cl)C(=O)C[C@@H](Cc1ccccc1)C(N)=O.NC(=O)[C@@H](CC(=O)[C@@H](N)CCCCNC(=O)OCc1ccccc1Cl)Cc1ccccc1. The molecule has 0 spiro atoms. The van der Waals surface area contributed by atoms with E-state index in [1.165, 1.54) is 0 Å². The van der Waals surface area contributed by atoms with Crippen LogP contribution in [0, 0.1) is 11.8 Å². The van der Waals surface area contributed by atoms with Crippen molar-refractivity contribution in [1.82, 2.24) is 16.0 Å². The van der Waals surface area contributed by atoms with Crippen LogP contribution in [0.4, 0.5) is 14.4 Å². The molecule has 0 aliphatic heterocycles. The number of alkyl carbamates (subject to hydrolysis) is 3. The lowest BCUT2D eigenvalue weighted by Gasteiger charge is -2.24. The quantitative estimate of drug-likeness (QED) is 0.0244. The average molecular weight is 1020 g/mol. The maximum absolute atomic E-state index is 13.2. The Morgan fingerprint density at radius 1 is 0.549 bits per heavy atom. The first kappa shape index (κ1) is 58.8. The topological polar surface area (TPSA) is 261 Å². The van der Waals surface area contributed by atoms with Gasteiger partial charge in [-0.3, -0.25) is 19.2 Å². The number of hydrogen-bond acceptors (Lipinski definition) is 11. The van der Waals surface area contributed by atoms with Gasteiger partial charge in [-0.2, -0.15) is 0 Å². The number of hydrogen-bond donors (Lipinski definition) is 6. The number of primary amides is 2. The molecule has 18 heteroatoms. The average Bonchev–Trinajstić information content (AvgIpc) is 3.32. The van der Waals surface area contributed by atoms with E-state index in [9.17, 15) is 33.6 Å². The molecule has 16 nitrogen and oxygen atoms in total. The van der Waals surface area contributed by atoms with Crippen LogP contribution >= 0.6 is 23.2 Å². The van der Waals surface area contributed by atoms with E-state index in [4.69, 9.17) is 54.6 Å². The molecule has 5 amide bonds. The van der Waals surface area contributed by atoms with Crippen LogP contribution in [0.15, 0.2) is 109 Å². The highest BCUT2D eigenvalue weighted by molar-refractivity contribution is 6.31. The Morgan fingerprint density at radius 3 is 1.38 bits per heavy atom. The molecule has 4 aromatic rings. The number of halogens is 2. The molecule has 4 aromatic carbocycles. The van der Waals surface area contributed by atoms with Crippen molar-refractivity contribution < 1.29 is 47.8 Å². The van der Waals surface area contributed by atoms with Crippen LogP contribution in [0.1, 0.15) is 94.4 Å². The molecule has 0 radical (unpaired) electrons. The lowest BCUT2D eigenvalue weighted by molar-refractivity contribution is -0.128. The number of nitrogens with one attached hydrogen (secondary N) is 3. The molecular formula is C53H68Cl2N6O10. The molecule has 4 rings (SSSR count). The minimum absolute atomic E-state index is 0.0258. The minimum Gasteiger partial charge on any atom is -0.445 e. The van der Waals surface area contributed by atoms with Crippen LogP contribution in [0.2, 0.25) is 10.0 Å². The monoisotopic (exact) mass is 1020 g/mol. The summed E-state index contributed by atoms with van der Waals surface area (Å²) in [5, 5.41) is 9.01. The van der Waals surface area contributed by atoms with Gasteiger partial charge in [-0.1, -0.05) is 120 Å². The second-order valence-electron chi connectivity index (χ2n) is 17.9. The van der Waals surface area contributed by atoms with Crippen LogP contribution in [-0.4, -0.2) is 72.4 Å². The Hall–Kier alpha value is -6.49. The molecule has 9 N–H and O–H groups in total. The van der Waals surface area contributed by atoms with Crippen molar-refractivity contribution in [3.63, 3.8) is 0 Å². The van der Waals surface area contributed by atoms with Crippen LogP contribution < -0.4 is 33.2 Å². The van der Waals surface area contributed by atoms with Gasteiger partial charge in [-0.15, -0.1) is 0 Å². The van der Waals surface area contributed by atoms with E-state index >= 15 is 0 Å². The van der Waals surface area contributed by atoms with Gasteiger partial charge < -0.3 is 47.4 Å². The van der Waals surface area contributed by atoms with E-state index in [1.54, 1.807) is 63.2 Å². The second-order valence-corrected chi connectivity index (χ2v) is 18.7. The molecule has 0 unspecified atom stereocenters. The van der Waals surface area contributed by atoms with Crippen LogP contribution in [0.25, 0.3) is 0 Å². The number of carbonyl (C=O) groups excluding carboxylic acids is 7. The van der Waals surface area contributed by atoms with E-state index < -0.39 is 59.6 Å². The van der Waals surface area contributed by atoms with Crippen molar-refractivity contribution in [3.05, 3.63) is 141 Å². The molecule has 4 atom stereocenters. The van der Waals surface area contributed by atoms with E-state index in [2.05, 4.69) is 16.0 Å². The molecule has 0 saturated heterocycles. The van der Waals surface area contributed by atoms with Crippen LogP contribution in [0.5, 0.6) is 0 Å². The number of benzene rings is 4. The van der Waals surface area contributed by atoms with E-state index in [-0.39, 0.29) is 37.6 Å². The molecular weight excluding hydrogens is 952 g/mol. The van der Waals surface area contributed by atoms with Crippen molar-refractivity contribution in [2.45, 2.75) is 116 Å². The van der Waals surface area contributed by atoms with Crippen molar-refractivity contribution in [1.29, 1.82) is 0 Å². The maximum Gasteiger partial charge on any atom is 0.408 e. The lowest BCUT2D eigenvalue weighted by atomic mass is 9.90. The first-order valence-electron chi connectivity index (χ1n) is 23.6. The summed E-state index contributed by atoms with van der Waals surface area (Å²) in [6.45, 7) is 6.03. The number of rotatable bonds is 27. The largest absolute Gasteiger partial charge is 0.445 e. The fourth-order valence-corrected chi connectivity index (χ4v) is 7.39. The summed E-state index contributed by atoms with van der Waals surface area (Å²) in [6, 6.07) is 31.4. The predicted molar refractivity (Wildman–Crippen MR) is 273 cm³/mol. The van der Waals surface area contributed by atoms with Gasteiger partial charge in [0.2, 0.25) is 11.8 Å². The summed E-state index contributed by atoms with van der Waals surface area (Å²) in [5.41, 5.74) is 19.6. The van der Waals surface area contributed by atoms with E-state index in [1.807, 2.05) is 66.7 Å². The molecule has 0 saturated carbocycles. The highest BCUT2D eigenvalue weighted by atomic mass is 35.5. The zero-order valence-corrected chi connectivity index (χ0v) is 42.2. The van der Waals surface area contributed by atoms with Gasteiger partial charge in [0.15, 0.2) is 5.78 Å². The minimum atomic E-state index is -0.871. The van der Waals surface area contributed by atoms with Crippen molar-refractivity contribution in [3.8, 4) is 0 Å². The third kappa shape index (κ3) is 24.8. The summed E-state index contributed by atoms with van der Waals surface area (Å²) in [4.78, 5) is 85.7. The number of amides is 5. The van der Waals surface area contributed by atoms with E-state index in [0.29, 0.717) is 80.1 Å². The van der Waals surface area contributed by atoms with Crippen molar-refractivity contribution >= 4 is 64.9 Å². The highest BCUT2D eigenvalue weighted by Crippen LogP contribution is 2.19. The molecule has 0 aliphatic carbocycles. The van der Waals surface area contributed by atoms with Gasteiger partial charge in [0, 0.05) is 58.9 Å². The Kier molecular flexibility index (Phi) is 26.2. The first-order chi connectivity index (χ1) is 33.8. The summed E-state index contributed by atoms with van der Waals surface area (Å²) in [6.07, 6.45) is 1.91. The second kappa shape index (κ2) is 31.7. The normalized spacial score (nSPS) is 12.6. The highest BCUT2D eigenvalue weighted by Gasteiger charge is 2.29. The van der Waals surface area contributed by atoms with Crippen molar-refractivity contribution in [2.75, 3.05) is 13.1 Å². The summed E-state index contributed by atoms with van der Waals surface area (Å²) < 4.78 is 15.6. The summed E-state index contributed by atoms with van der Waals surface area (Å²) in [5.74, 6) is -2.87. The number of ether oxygens (including phenoxy) is 3. The predicted octanol–water partition coefficient (Wildman–Crippen LogP) is 8.30. The zero-order chi connectivity index (χ0) is 52.2. The Morgan fingerprint density at radius 2 is 0.958 bits per heavy atom. The number of carbonyl (C=O) groups is 7. The molecule has 0 heterocycles. The van der Waals surface area contributed by atoms with Crippen molar-refractivity contribution in [2.24, 2.45) is 29.0 Å². The lowest BCUT2D eigenvalue weighted by Crippen LogP contribution is -2.44. The number of unbranched alkanes of at least 4 members (excludes halogenated alkanes) is 2. The third-order valence-electron chi connectivity index (χ3n) is 10.9. The van der Waals surface area contributed by atoms with Gasteiger partial charge in [0.05, 0.1) is 12.1 Å². The number of Topliss-reactive ketones (excluding diaryl/α,β-unsaturated/α-hetero) is 2. The fourth-order valence-electron chi connectivity index (χ4n) is 7.01. The van der Waals surface area contributed by atoms with Gasteiger partial charge in [0.1, 0.15) is 24.6 Å². The summed E-state index contributed by atoms with van der Waals surface area (Å²) in [7, 11) is 0. The van der Waals surface area contributed by atoms with Gasteiger partial charge in [-0.25, -0.2) is 14.4 Å². The smallest absolute Gasteiger partial charge is 0.408 e. The Balaban J connectivity index is 0.000000383. The fraction of sp³-hybridized carbons (Fsp3) is 0.415. The van der Waals surface area contributed by atoms with Gasteiger partial charge >= 0.3 is 18.3 Å². The maximum atomic E-state index is 13.2. The van der Waals surface area contributed by atoms with Gasteiger partial charge in [0.25, 0.3) is 0 Å². The standard InChI is InChI=1S/C29H38ClN3O6.C24H30ClN3O4/c1-29(2,3)39-28(37)33-24(25(34)18-22(26(31)35)17-20-11-5-4-6-12-20)15-9-10-16-32-27(36)38-19-21-13-7-8-14-23(21)30;25-20-11-5-4-10-18(20)16-32-24(31)28-13-7-6-12-21(26)22(29)15-19(23(27)30)14-17-8-2-1-3-9-17/h4-8,11-14,22,24H,9-10,15-19H2,1-3H3,(H2,31,35)(H,32,36)(H,33,37);1-5,8-11,19,21H,6-7,12-16,26H2,(H2,27,30)(H,28,31)/t22-,24+;19-,21+/m11/s1.